The second-order valence-electron chi connectivity index (χ2n) is 7.25. The minimum Gasteiger partial charge on any atom is -0.497 e. The number of nitrogens with one attached hydrogen (secondary N) is 1. The Hall–Kier alpha value is -2.18. The molecule has 0 bridgehead atoms. The van der Waals surface area contributed by atoms with Crippen molar-refractivity contribution in [2.75, 3.05) is 52.9 Å². The van der Waals surface area contributed by atoms with Gasteiger partial charge in [-0.25, -0.2) is 0 Å². The molecule has 0 radical (unpaired) electrons. The Labute approximate surface area is 161 Å². The normalized spacial score (nSPS) is 19.4. The number of piperazine rings is 1. The number of benzene rings is 1. The van der Waals surface area contributed by atoms with Gasteiger partial charge in [-0.3, -0.25) is 14.5 Å². The molecule has 3 rings (SSSR count). The first kappa shape index (κ1) is 19.6. The van der Waals surface area contributed by atoms with E-state index in [1.165, 1.54) is 25.0 Å². The molecule has 0 aliphatic carbocycles. The van der Waals surface area contributed by atoms with Gasteiger partial charge >= 0.3 is 0 Å². The molecule has 2 fully saturated rings. The van der Waals surface area contributed by atoms with Crippen LogP contribution in [0.1, 0.15) is 23.2 Å². The molecule has 1 amide bonds. The molecule has 2 heterocycles. The third-order valence-corrected chi connectivity index (χ3v) is 5.41. The lowest BCUT2D eigenvalue weighted by Crippen LogP contribution is -2.50. The highest BCUT2D eigenvalue weighted by atomic mass is 16.5. The molecule has 1 N–H and O–H groups in total. The lowest BCUT2D eigenvalue weighted by Gasteiger charge is -2.37. The Kier molecular flexibility index (Phi) is 7.01. The van der Waals surface area contributed by atoms with Crippen LogP contribution in [0, 0.1) is 5.92 Å². The zero-order valence-corrected chi connectivity index (χ0v) is 16.0. The van der Waals surface area contributed by atoms with E-state index in [1.807, 2.05) is 4.90 Å². The van der Waals surface area contributed by atoms with Crippen molar-refractivity contribution in [3.63, 3.8) is 0 Å². The largest absolute Gasteiger partial charge is 0.497 e. The molecule has 0 atom stereocenters. The number of rotatable bonds is 6. The van der Waals surface area contributed by atoms with Gasteiger partial charge in [-0.1, -0.05) is 0 Å². The summed E-state index contributed by atoms with van der Waals surface area (Å²) in [5.74, 6) is 1.22. The van der Waals surface area contributed by atoms with E-state index < -0.39 is 0 Å². The summed E-state index contributed by atoms with van der Waals surface area (Å²) >= 11 is 0. The summed E-state index contributed by atoms with van der Waals surface area (Å²) in [6.45, 7) is 6.66. The molecule has 0 saturated carbocycles. The minimum absolute atomic E-state index is 0.0848. The molecular weight excluding hydrogens is 342 g/mol. The van der Waals surface area contributed by atoms with Crippen molar-refractivity contribution in [3.05, 3.63) is 42.0 Å². The van der Waals surface area contributed by atoms with Crippen molar-refractivity contribution < 1.29 is 14.3 Å². The number of allylic oxidation sites excluding steroid dienone is 1. The fourth-order valence-corrected chi connectivity index (χ4v) is 3.68. The van der Waals surface area contributed by atoms with Crippen molar-refractivity contribution in [1.29, 1.82) is 0 Å². The van der Waals surface area contributed by atoms with Gasteiger partial charge in [-0.15, -0.1) is 0 Å². The summed E-state index contributed by atoms with van der Waals surface area (Å²) in [5, 5.41) is 3.40. The molecule has 1 aromatic carbocycles. The number of carbonyl (C=O) groups is 2. The molecule has 6 heteroatoms. The Bertz CT molecular complexity index is 658. The molecule has 2 aliphatic rings. The molecule has 27 heavy (non-hydrogen) atoms. The van der Waals surface area contributed by atoms with E-state index in [-0.39, 0.29) is 11.7 Å². The third-order valence-electron chi connectivity index (χ3n) is 5.41. The van der Waals surface area contributed by atoms with Gasteiger partial charge in [0.1, 0.15) is 5.75 Å². The van der Waals surface area contributed by atoms with Crippen LogP contribution >= 0.6 is 0 Å². The molecule has 6 nitrogen and oxygen atoms in total. The number of piperidine rings is 1. The Morgan fingerprint density at radius 2 is 1.74 bits per heavy atom. The predicted octanol–water partition coefficient (Wildman–Crippen LogP) is 1.58. The number of ether oxygens (including phenoxy) is 1. The second-order valence-corrected chi connectivity index (χ2v) is 7.25. The molecular formula is C21H29N3O3. The van der Waals surface area contributed by atoms with E-state index >= 15 is 0 Å². The van der Waals surface area contributed by atoms with Gasteiger partial charge in [0.15, 0.2) is 5.78 Å². The van der Waals surface area contributed by atoms with E-state index in [4.69, 9.17) is 4.74 Å². The lowest BCUT2D eigenvalue weighted by molar-refractivity contribution is -0.127. The number of ketones is 1. The first-order chi connectivity index (χ1) is 13.2. The average molecular weight is 371 g/mol. The minimum atomic E-state index is -0.171. The fourth-order valence-electron chi connectivity index (χ4n) is 3.68. The maximum atomic E-state index is 12.4. The van der Waals surface area contributed by atoms with Gasteiger partial charge in [0.2, 0.25) is 5.91 Å². The van der Waals surface area contributed by atoms with Gasteiger partial charge < -0.3 is 15.0 Å². The summed E-state index contributed by atoms with van der Waals surface area (Å²) < 4.78 is 5.09. The van der Waals surface area contributed by atoms with Crippen molar-refractivity contribution in [2.24, 2.45) is 5.92 Å². The lowest BCUT2D eigenvalue weighted by atomic mass is 9.97. The van der Waals surface area contributed by atoms with Crippen molar-refractivity contribution in [1.82, 2.24) is 15.1 Å². The molecule has 0 aromatic heterocycles. The molecule has 2 aliphatic heterocycles. The Morgan fingerprint density at radius 1 is 1.07 bits per heavy atom. The van der Waals surface area contributed by atoms with E-state index in [1.54, 1.807) is 31.4 Å². The van der Waals surface area contributed by atoms with Crippen LogP contribution in [0.15, 0.2) is 36.4 Å². The highest BCUT2D eigenvalue weighted by Gasteiger charge is 2.23. The number of methoxy groups -OCH3 is 1. The molecule has 146 valence electrons. The van der Waals surface area contributed by atoms with Crippen LogP contribution in [-0.2, 0) is 4.79 Å². The van der Waals surface area contributed by atoms with Crippen molar-refractivity contribution >= 4 is 11.7 Å². The van der Waals surface area contributed by atoms with Crippen molar-refractivity contribution in [3.8, 4) is 5.75 Å². The standard InChI is InChI=1S/C21H29N3O3/c1-27-19-4-2-18(3-5-19)20(25)6-7-21(26)24-14-12-23(13-15-24)16-17-8-10-22-11-9-17/h2-7,17,22H,8-16H2,1H3/b7-6+. The van der Waals surface area contributed by atoms with Gasteiger partial charge in [0, 0.05) is 44.4 Å². The monoisotopic (exact) mass is 371 g/mol. The van der Waals surface area contributed by atoms with E-state index in [2.05, 4.69) is 10.2 Å². The second kappa shape index (κ2) is 9.67. The van der Waals surface area contributed by atoms with E-state index in [9.17, 15) is 9.59 Å². The highest BCUT2D eigenvalue weighted by molar-refractivity contribution is 6.07. The van der Waals surface area contributed by atoms with Crippen LogP contribution in [-0.4, -0.2) is 74.4 Å². The SMILES string of the molecule is COc1ccc(C(=O)/C=C/C(=O)N2CCN(CC3CCNCC3)CC2)cc1. The summed E-state index contributed by atoms with van der Waals surface area (Å²) in [5.41, 5.74) is 0.548. The van der Waals surface area contributed by atoms with Crippen LogP contribution < -0.4 is 10.1 Å². The van der Waals surface area contributed by atoms with Gasteiger partial charge in [-0.05, 0) is 62.2 Å². The van der Waals surface area contributed by atoms with E-state index in [0.717, 1.165) is 51.7 Å². The van der Waals surface area contributed by atoms with Gasteiger partial charge in [-0.2, -0.15) is 0 Å². The topological polar surface area (TPSA) is 61.9 Å². The molecule has 0 unspecified atom stereocenters. The molecule has 2 saturated heterocycles. The van der Waals surface area contributed by atoms with Crippen molar-refractivity contribution in [2.45, 2.75) is 12.8 Å². The average Bonchev–Trinajstić information content (AvgIpc) is 2.73. The first-order valence-corrected chi connectivity index (χ1v) is 9.74. The third kappa shape index (κ3) is 5.65. The smallest absolute Gasteiger partial charge is 0.246 e. The Balaban J connectivity index is 1.44. The highest BCUT2D eigenvalue weighted by Crippen LogP contribution is 2.15. The van der Waals surface area contributed by atoms with Crippen LogP contribution in [0.25, 0.3) is 0 Å². The number of hydrogen-bond acceptors (Lipinski definition) is 5. The zero-order valence-electron chi connectivity index (χ0n) is 16.0. The summed E-state index contributed by atoms with van der Waals surface area (Å²) in [6.07, 6.45) is 5.26. The quantitative estimate of drug-likeness (QED) is 0.608. The number of nitrogens with zero attached hydrogens (tertiary/aromatic N) is 2. The van der Waals surface area contributed by atoms with Gasteiger partial charge in [0.25, 0.3) is 0 Å². The van der Waals surface area contributed by atoms with Crippen LogP contribution in [0.4, 0.5) is 0 Å². The van der Waals surface area contributed by atoms with E-state index in [0.29, 0.717) is 11.3 Å². The fraction of sp³-hybridized carbons (Fsp3) is 0.524. The maximum Gasteiger partial charge on any atom is 0.246 e. The number of carbonyl (C=O) groups excluding carboxylic acids is 2. The predicted molar refractivity (Wildman–Crippen MR) is 105 cm³/mol. The van der Waals surface area contributed by atoms with Gasteiger partial charge in [0.05, 0.1) is 7.11 Å². The first-order valence-electron chi connectivity index (χ1n) is 9.74. The zero-order chi connectivity index (χ0) is 19.1. The molecule has 1 aromatic rings. The summed E-state index contributed by atoms with van der Waals surface area (Å²) in [6, 6.07) is 6.89. The van der Waals surface area contributed by atoms with Crippen LogP contribution in [0.5, 0.6) is 5.75 Å². The number of amides is 1. The van der Waals surface area contributed by atoms with Crippen LogP contribution in [0.3, 0.4) is 0 Å². The summed E-state index contributed by atoms with van der Waals surface area (Å²) in [4.78, 5) is 28.9. The number of hydrogen-bond donors (Lipinski definition) is 1. The Morgan fingerprint density at radius 3 is 2.37 bits per heavy atom. The molecule has 0 spiro atoms. The summed E-state index contributed by atoms with van der Waals surface area (Å²) in [7, 11) is 1.58. The van der Waals surface area contributed by atoms with Crippen LogP contribution in [0.2, 0.25) is 0 Å². The maximum absolute atomic E-state index is 12.4.